The van der Waals surface area contributed by atoms with Crippen molar-refractivity contribution in [3.8, 4) is 0 Å². The third-order valence-electron chi connectivity index (χ3n) is 7.26. The second-order valence-corrected chi connectivity index (χ2v) is 12.4. The Morgan fingerprint density at radius 3 is 1.81 bits per heavy atom. The van der Waals surface area contributed by atoms with Gasteiger partial charge >= 0.3 is 10.2 Å². The minimum Gasteiger partial charge on any atom is -0.374 e. The third kappa shape index (κ3) is 6.97. The Labute approximate surface area is 247 Å². The highest BCUT2D eigenvalue weighted by Crippen LogP contribution is 2.39. The number of ether oxygens (including phenoxy) is 4. The van der Waals surface area contributed by atoms with Crippen LogP contribution in [0.5, 0.6) is 0 Å². The molecule has 0 aliphatic carbocycles. The molecule has 2 heterocycles. The van der Waals surface area contributed by atoms with E-state index in [0.29, 0.717) is 31.2 Å². The molecule has 4 atom stereocenters. The number of hydrogen-bond acceptors (Lipinski definition) is 7. The van der Waals surface area contributed by atoms with Gasteiger partial charge in [-0.15, -0.1) is 0 Å². The lowest BCUT2D eigenvalue weighted by atomic mass is 10.0. The van der Waals surface area contributed by atoms with Crippen LogP contribution in [-0.2, 0) is 49.0 Å². The van der Waals surface area contributed by atoms with E-state index in [0.717, 1.165) is 21.0 Å². The summed E-state index contributed by atoms with van der Waals surface area (Å²) in [6, 6.07) is 29.7. The molecular weight excluding hydrogens is 554 g/mol. The summed E-state index contributed by atoms with van der Waals surface area (Å²) in [5, 5.41) is 0. The lowest BCUT2D eigenvalue weighted by Crippen LogP contribution is -2.38. The van der Waals surface area contributed by atoms with Crippen LogP contribution >= 0.6 is 0 Å². The SMILES string of the molecule is Cc1c([C@H]2O[C@H](COCc3ccccc3)[C@@H](OCc3ccccc3)[C@H]2OCc2ccccc2)ncn1S(=O)(=O)N(C)C. The number of rotatable bonds is 13. The molecule has 10 heteroatoms. The van der Waals surface area contributed by atoms with Crippen LogP contribution in [0, 0.1) is 6.92 Å². The second kappa shape index (κ2) is 13.7. The maximum Gasteiger partial charge on any atom is 0.308 e. The molecule has 0 unspecified atom stereocenters. The quantitative estimate of drug-likeness (QED) is 0.223. The van der Waals surface area contributed by atoms with Crippen molar-refractivity contribution >= 4 is 10.2 Å². The van der Waals surface area contributed by atoms with Crippen LogP contribution in [0.15, 0.2) is 97.3 Å². The Kier molecular flexibility index (Phi) is 9.84. The zero-order chi connectivity index (χ0) is 29.5. The van der Waals surface area contributed by atoms with E-state index >= 15 is 0 Å². The van der Waals surface area contributed by atoms with E-state index in [-0.39, 0.29) is 6.61 Å². The van der Waals surface area contributed by atoms with Crippen molar-refractivity contribution < 1.29 is 27.4 Å². The molecule has 4 aromatic rings. The highest BCUT2D eigenvalue weighted by molar-refractivity contribution is 7.87. The van der Waals surface area contributed by atoms with Gasteiger partial charge in [0.1, 0.15) is 30.7 Å². The summed E-state index contributed by atoms with van der Waals surface area (Å²) in [5.74, 6) is 0. The van der Waals surface area contributed by atoms with Crippen molar-refractivity contribution in [1.82, 2.24) is 13.3 Å². The predicted octanol–water partition coefficient (Wildman–Crippen LogP) is 4.67. The lowest BCUT2D eigenvalue weighted by Gasteiger charge is -2.25. The Morgan fingerprint density at radius 1 is 0.786 bits per heavy atom. The van der Waals surface area contributed by atoms with Gasteiger partial charge in [0.15, 0.2) is 0 Å². The molecule has 1 aliphatic rings. The van der Waals surface area contributed by atoms with Crippen LogP contribution in [0.3, 0.4) is 0 Å². The van der Waals surface area contributed by atoms with Gasteiger partial charge in [0, 0.05) is 14.1 Å². The van der Waals surface area contributed by atoms with Crippen molar-refractivity contribution in [2.24, 2.45) is 0 Å². The van der Waals surface area contributed by atoms with Crippen molar-refractivity contribution in [3.63, 3.8) is 0 Å². The average Bonchev–Trinajstić information content (AvgIpc) is 3.56. The molecule has 0 N–H and O–H groups in total. The summed E-state index contributed by atoms with van der Waals surface area (Å²) in [5.41, 5.74) is 4.00. The molecule has 1 aliphatic heterocycles. The number of benzene rings is 3. The van der Waals surface area contributed by atoms with Crippen molar-refractivity contribution in [1.29, 1.82) is 0 Å². The van der Waals surface area contributed by atoms with Crippen LogP contribution in [0.1, 0.15) is 34.2 Å². The van der Waals surface area contributed by atoms with Crippen LogP contribution in [-0.4, -0.2) is 60.7 Å². The van der Waals surface area contributed by atoms with E-state index in [2.05, 4.69) is 4.98 Å². The number of nitrogens with zero attached hydrogens (tertiary/aromatic N) is 3. The summed E-state index contributed by atoms with van der Waals surface area (Å²) in [7, 11) is -0.800. The Balaban J connectivity index is 1.45. The van der Waals surface area contributed by atoms with E-state index in [1.165, 1.54) is 24.4 Å². The standard InChI is InChI=1S/C32H37N3O6S/c1-24-29(33-23-35(24)42(36,37)34(2)3)31-32(40-21-27-17-11-6-12-18-27)30(39-20-26-15-9-5-10-16-26)28(41-31)22-38-19-25-13-7-4-8-14-25/h4-18,23,28,30-32H,19-22H2,1-3H3/t28-,30-,31-,32-/m1/s1. The van der Waals surface area contributed by atoms with Crippen molar-refractivity contribution in [3.05, 3.63) is 125 Å². The molecule has 9 nitrogen and oxygen atoms in total. The summed E-state index contributed by atoms with van der Waals surface area (Å²) in [6.45, 7) is 3.07. The van der Waals surface area contributed by atoms with E-state index in [9.17, 15) is 8.42 Å². The molecule has 0 saturated carbocycles. The second-order valence-electron chi connectivity index (χ2n) is 10.4. The number of aromatic nitrogens is 2. The van der Waals surface area contributed by atoms with Gasteiger partial charge in [0.05, 0.1) is 37.8 Å². The Morgan fingerprint density at radius 2 is 1.29 bits per heavy atom. The molecule has 3 aromatic carbocycles. The Hall–Kier alpha value is -3.38. The van der Waals surface area contributed by atoms with Gasteiger partial charge in [-0.3, -0.25) is 0 Å². The summed E-state index contributed by atoms with van der Waals surface area (Å²) in [6.07, 6.45) is -0.943. The molecule has 0 amide bonds. The predicted molar refractivity (Wildman–Crippen MR) is 159 cm³/mol. The minimum atomic E-state index is -3.77. The maximum absolute atomic E-state index is 13.0. The Bertz CT molecular complexity index is 1510. The third-order valence-corrected chi connectivity index (χ3v) is 9.04. The van der Waals surface area contributed by atoms with Crippen LogP contribution in [0.4, 0.5) is 0 Å². The normalized spacial score (nSPS) is 20.8. The molecule has 1 saturated heterocycles. The van der Waals surface area contributed by atoms with Gasteiger partial charge in [-0.1, -0.05) is 91.0 Å². The largest absolute Gasteiger partial charge is 0.374 e. The van der Waals surface area contributed by atoms with E-state index < -0.39 is 34.6 Å². The van der Waals surface area contributed by atoms with E-state index in [1.54, 1.807) is 6.92 Å². The maximum atomic E-state index is 13.0. The fourth-order valence-corrected chi connectivity index (χ4v) is 5.92. The molecule has 5 rings (SSSR count). The first kappa shape index (κ1) is 30.1. The van der Waals surface area contributed by atoms with Crippen LogP contribution in [0.25, 0.3) is 0 Å². The summed E-state index contributed by atoms with van der Waals surface area (Å²) >= 11 is 0. The van der Waals surface area contributed by atoms with Gasteiger partial charge < -0.3 is 18.9 Å². The van der Waals surface area contributed by atoms with Gasteiger partial charge in [-0.05, 0) is 23.6 Å². The highest BCUT2D eigenvalue weighted by atomic mass is 32.2. The van der Waals surface area contributed by atoms with Crippen molar-refractivity contribution in [2.75, 3.05) is 20.7 Å². The first-order valence-corrected chi connectivity index (χ1v) is 15.3. The van der Waals surface area contributed by atoms with Crippen LogP contribution in [0.2, 0.25) is 0 Å². The van der Waals surface area contributed by atoms with Crippen molar-refractivity contribution in [2.45, 2.75) is 51.2 Å². The zero-order valence-corrected chi connectivity index (χ0v) is 24.9. The fraction of sp³-hybridized carbons (Fsp3) is 0.344. The van der Waals surface area contributed by atoms with Gasteiger partial charge in [-0.25, -0.2) is 8.96 Å². The molecule has 222 valence electrons. The molecule has 0 bridgehead atoms. The monoisotopic (exact) mass is 591 g/mol. The van der Waals surface area contributed by atoms with Gasteiger partial charge in [-0.2, -0.15) is 12.7 Å². The van der Waals surface area contributed by atoms with Crippen LogP contribution < -0.4 is 0 Å². The van der Waals surface area contributed by atoms with Gasteiger partial charge in [0.2, 0.25) is 0 Å². The molecular formula is C32H37N3O6S. The lowest BCUT2D eigenvalue weighted by molar-refractivity contribution is -0.0898. The van der Waals surface area contributed by atoms with E-state index in [1.807, 2.05) is 91.0 Å². The first-order valence-electron chi connectivity index (χ1n) is 13.9. The first-order chi connectivity index (χ1) is 20.3. The molecule has 0 spiro atoms. The zero-order valence-electron chi connectivity index (χ0n) is 24.1. The molecule has 1 fully saturated rings. The van der Waals surface area contributed by atoms with Gasteiger partial charge in [0.25, 0.3) is 0 Å². The number of imidazole rings is 1. The molecule has 1 aromatic heterocycles. The minimum absolute atomic E-state index is 0.256. The summed E-state index contributed by atoms with van der Waals surface area (Å²) < 4.78 is 54.0. The van der Waals surface area contributed by atoms with E-state index in [4.69, 9.17) is 18.9 Å². The number of hydrogen-bond donors (Lipinski definition) is 0. The summed E-state index contributed by atoms with van der Waals surface area (Å²) in [4.78, 5) is 4.52. The topological polar surface area (TPSA) is 92.1 Å². The smallest absolute Gasteiger partial charge is 0.308 e. The fourth-order valence-electron chi connectivity index (χ4n) is 4.96. The molecule has 42 heavy (non-hydrogen) atoms. The highest BCUT2D eigenvalue weighted by Gasteiger charge is 2.49. The average molecular weight is 592 g/mol. The molecule has 0 radical (unpaired) electrons.